The van der Waals surface area contributed by atoms with Gasteiger partial charge >= 0.3 is 11.8 Å². The lowest BCUT2D eigenvalue weighted by molar-refractivity contribution is -0.136. The van der Waals surface area contributed by atoms with E-state index >= 15 is 0 Å². The number of hydrazone groups is 1. The Hall–Kier alpha value is -3.67. The van der Waals surface area contributed by atoms with Crippen molar-refractivity contribution < 1.29 is 28.2 Å². The predicted molar refractivity (Wildman–Crippen MR) is 142 cm³/mol. The van der Waals surface area contributed by atoms with E-state index in [0.717, 1.165) is 0 Å². The van der Waals surface area contributed by atoms with Crippen molar-refractivity contribution in [1.82, 2.24) is 5.43 Å². The number of methoxy groups -OCH3 is 1. The Kier molecular flexibility index (Phi) is 9.84. The average molecular weight is 612 g/mol. The van der Waals surface area contributed by atoms with Gasteiger partial charge in [0.1, 0.15) is 5.82 Å². The van der Waals surface area contributed by atoms with Crippen LogP contribution < -0.4 is 25.5 Å². The molecule has 0 aliphatic carbocycles. The van der Waals surface area contributed by atoms with Gasteiger partial charge < -0.3 is 20.1 Å². The molecule has 0 spiro atoms. The predicted octanol–water partition coefficient (Wildman–Crippen LogP) is 5.01. The summed E-state index contributed by atoms with van der Waals surface area (Å²) < 4.78 is 24.3. The number of rotatable bonds is 8. The van der Waals surface area contributed by atoms with Gasteiger partial charge in [0.2, 0.25) is 0 Å². The third-order valence-corrected chi connectivity index (χ3v) is 5.92. The zero-order valence-corrected chi connectivity index (χ0v) is 22.1. The molecule has 0 aromatic heterocycles. The topological polar surface area (TPSA) is 118 Å². The average Bonchev–Trinajstić information content (AvgIpc) is 2.87. The highest BCUT2D eigenvalue weighted by Gasteiger charge is 2.16. The first-order chi connectivity index (χ1) is 17.7. The van der Waals surface area contributed by atoms with Crippen molar-refractivity contribution in [3.63, 3.8) is 0 Å². The van der Waals surface area contributed by atoms with Gasteiger partial charge in [-0.3, -0.25) is 14.4 Å². The Balaban J connectivity index is 1.59. The Morgan fingerprint density at radius 1 is 1.05 bits per heavy atom. The van der Waals surface area contributed by atoms with Crippen molar-refractivity contribution in [3.8, 4) is 11.5 Å². The van der Waals surface area contributed by atoms with Crippen molar-refractivity contribution >= 4 is 74.4 Å². The molecular formula is C24H18BrCl2FN4O5. The lowest BCUT2D eigenvalue weighted by Crippen LogP contribution is -2.32. The fraction of sp³-hybridized carbons (Fsp3) is 0.0833. The minimum Gasteiger partial charge on any atom is -0.493 e. The summed E-state index contributed by atoms with van der Waals surface area (Å²) in [5.74, 6) is -2.41. The third kappa shape index (κ3) is 7.91. The molecule has 3 amide bonds. The number of nitrogens with zero attached hydrogens (tertiary/aromatic N) is 1. The lowest BCUT2D eigenvalue weighted by atomic mass is 10.2. The molecule has 0 aliphatic rings. The van der Waals surface area contributed by atoms with Crippen LogP contribution >= 0.6 is 39.1 Å². The number of carbonyl (C=O) groups is 3. The molecule has 0 aliphatic heterocycles. The van der Waals surface area contributed by atoms with E-state index in [1.165, 1.54) is 49.7 Å². The van der Waals surface area contributed by atoms with Crippen LogP contribution in [0.1, 0.15) is 5.56 Å². The largest absolute Gasteiger partial charge is 0.493 e. The summed E-state index contributed by atoms with van der Waals surface area (Å²) in [6, 6.07) is 13.0. The highest BCUT2D eigenvalue weighted by atomic mass is 79.9. The number of amides is 3. The van der Waals surface area contributed by atoms with E-state index in [-0.39, 0.29) is 33.8 Å². The Bertz CT molecular complexity index is 1360. The van der Waals surface area contributed by atoms with Gasteiger partial charge in [0.05, 0.1) is 33.5 Å². The summed E-state index contributed by atoms with van der Waals surface area (Å²) in [5.41, 5.74) is 3.17. The highest BCUT2D eigenvalue weighted by molar-refractivity contribution is 9.10. The van der Waals surface area contributed by atoms with Gasteiger partial charge in [-0.25, -0.2) is 9.82 Å². The maximum atomic E-state index is 13.0. The summed E-state index contributed by atoms with van der Waals surface area (Å²) in [7, 11) is 1.40. The van der Waals surface area contributed by atoms with Crippen molar-refractivity contribution in [3.05, 3.63) is 80.5 Å². The minimum absolute atomic E-state index is 0.0982. The van der Waals surface area contributed by atoms with Gasteiger partial charge in [0, 0.05) is 5.69 Å². The molecule has 3 N–H and O–H groups in total. The van der Waals surface area contributed by atoms with Crippen LogP contribution in [0.4, 0.5) is 15.8 Å². The molecule has 3 aromatic carbocycles. The summed E-state index contributed by atoms with van der Waals surface area (Å²) in [6.45, 7) is -0.346. The van der Waals surface area contributed by atoms with Gasteiger partial charge in [0.15, 0.2) is 18.1 Å². The summed E-state index contributed by atoms with van der Waals surface area (Å²) in [4.78, 5) is 36.3. The van der Waals surface area contributed by atoms with Crippen molar-refractivity contribution in [2.75, 3.05) is 24.4 Å². The van der Waals surface area contributed by atoms with Gasteiger partial charge in [0.25, 0.3) is 5.91 Å². The van der Waals surface area contributed by atoms with E-state index in [9.17, 15) is 18.8 Å². The molecule has 37 heavy (non-hydrogen) atoms. The molecule has 9 nitrogen and oxygen atoms in total. The number of hydrogen-bond donors (Lipinski definition) is 3. The zero-order valence-electron chi connectivity index (χ0n) is 19.0. The van der Waals surface area contributed by atoms with E-state index in [4.69, 9.17) is 32.7 Å². The molecule has 0 radical (unpaired) electrons. The monoisotopic (exact) mass is 610 g/mol. The van der Waals surface area contributed by atoms with Crippen LogP contribution in [0.2, 0.25) is 10.0 Å². The van der Waals surface area contributed by atoms with Crippen LogP contribution in [0.25, 0.3) is 0 Å². The highest BCUT2D eigenvalue weighted by Crippen LogP contribution is 2.36. The van der Waals surface area contributed by atoms with E-state index in [2.05, 4.69) is 37.1 Å². The maximum Gasteiger partial charge on any atom is 0.329 e. The van der Waals surface area contributed by atoms with Crippen LogP contribution in [0.15, 0.2) is 64.2 Å². The quantitative estimate of drug-likeness (QED) is 0.188. The number of hydrogen-bond acceptors (Lipinski definition) is 6. The van der Waals surface area contributed by atoms with E-state index in [1.807, 2.05) is 0 Å². The summed E-state index contributed by atoms with van der Waals surface area (Å²) in [6.07, 6.45) is 1.27. The zero-order chi connectivity index (χ0) is 26.9. The molecule has 13 heteroatoms. The van der Waals surface area contributed by atoms with Crippen LogP contribution in [0, 0.1) is 5.82 Å². The summed E-state index contributed by atoms with van der Waals surface area (Å²) >= 11 is 15.2. The first kappa shape index (κ1) is 27.9. The molecule has 0 atom stereocenters. The SMILES string of the molecule is COc1cc(/C=N\NC(=O)C(=O)Nc2cccc(Cl)c2Cl)cc(Br)c1OCC(=O)Nc1ccc(F)cc1. The molecule has 0 saturated heterocycles. The molecule has 192 valence electrons. The molecule has 0 bridgehead atoms. The standard InChI is InChI=1S/C24H18BrCl2FN4O5/c1-36-19-10-13(11-29-32-24(35)23(34)31-18-4-2-3-17(26)21(18)27)9-16(25)22(19)37-12-20(33)30-15-7-5-14(28)6-8-15/h2-11H,12H2,1H3,(H,30,33)(H,31,34)(H,32,35)/b29-11-. The molecule has 3 aromatic rings. The van der Waals surface area contributed by atoms with Crippen molar-refractivity contribution in [2.45, 2.75) is 0 Å². The number of nitrogens with one attached hydrogen (secondary N) is 3. The number of benzene rings is 3. The minimum atomic E-state index is -1.04. The van der Waals surface area contributed by atoms with Gasteiger partial charge in [-0.05, 0) is 70.0 Å². The Morgan fingerprint density at radius 2 is 1.78 bits per heavy atom. The number of ether oxygens (including phenoxy) is 2. The second-order valence-electron chi connectivity index (χ2n) is 7.13. The van der Waals surface area contributed by atoms with Crippen LogP contribution in [-0.4, -0.2) is 37.7 Å². The maximum absolute atomic E-state index is 13.0. The second kappa shape index (κ2) is 13.0. The molecule has 3 rings (SSSR count). The molecular weight excluding hydrogens is 594 g/mol. The van der Waals surface area contributed by atoms with E-state index < -0.39 is 23.5 Å². The molecule has 0 saturated carbocycles. The first-order valence-electron chi connectivity index (χ1n) is 10.3. The number of anilines is 2. The fourth-order valence-corrected chi connectivity index (χ4v) is 3.74. The van der Waals surface area contributed by atoms with E-state index in [1.54, 1.807) is 18.2 Å². The third-order valence-electron chi connectivity index (χ3n) is 4.51. The Labute approximate surface area is 229 Å². The van der Waals surface area contributed by atoms with Gasteiger partial charge in [-0.15, -0.1) is 0 Å². The Morgan fingerprint density at radius 3 is 2.49 bits per heavy atom. The van der Waals surface area contributed by atoms with Gasteiger partial charge in [-0.2, -0.15) is 5.10 Å². The fourth-order valence-electron chi connectivity index (χ4n) is 2.82. The van der Waals surface area contributed by atoms with Crippen molar-refractivity contribution in [1.29, 1.82) is 0 Å². The van der Waals surface area contributed by atoms with Gasteiger partial charge in [-0.1, -0.05) is 29.3 Å². The van der Waals surface area contributed by atoms with E-state index in [0.29, 0.717) is 15.7 Å². The van der Waals surface area contributed by atoms with Crippen molar-refractivity contribution in [2.24, 2.45) is 5.10 Å². The molecule has 0 unspecified atom stereocenters. The summed E-state index contributed by atoms with van der Waals surface area (Å²) in [5, 5.41) is 9.01. The number of halogens is 4. The first-order valence-corrected chi connectivity index (χ1v) is 11.9. The van der Waals surface area contributed by atoms with Crippen LogP contribution in [-0.2, 0) is 14.4 Å². The normalized spacial score (nSPS) is 10.6. The number of carbonyl (C=O) groups excluding carboxylic acids is 3. The smallest absolute Gasteiger partial charge is 0.329 e. The van der Waals surface area contributed by atoms with Crippen LogP contribution in [0.3, 0.4) is 0 Å². The molecule has 0 fully saturated rings. The van der Waals surface area contributed by atoms with Crippen LogP contribution in [0.5, 0.6) is 11.5 Å². The second-order valence-corrected chi connectivity index (χ2v) is 8.77. The molecule has 0 heterocycles. The lowest BCUT2D eigenvalue weighted by Gasteiger charge is -2.13.